The summed E-state index contributed by atoms with van der Waals surface area (Å²) in [4.78, 5) is 11.7. The van der Waals surface area contributed by atoms with Crippen LogP contribution in [0.1, 0.15) is 20.8 Å². The summed E-state index contributed by atoms with van der Waals surface area (Å²) >= 11 is 1.27. The third-order valence-electron chi connectivity index (χ3n) is 2.03. The zero-order chi connectivity index (χ0) is 11.8. The van der Waals surface area contributed by atoms with Crippen LogP contribution in [0.4, 0.5) is 0 Å². The number of nitrogens with zero attached hydrogens (tertiary/aromatic N) is 4. The lowest BCUT2D eigenvalue weighted by Crippen LogP contribution is -2.21. The van der Waals surface area contributed by atoms with Crippen LogP contribution in [-0.2, 0) is 4.79 Å². The molecule has 86 valence electrons. The predicted octanol–water partition coefficient (Wildman–Crippen LogP) is 1.42. The number of carbonyl (C=O) groups excluding carboxylic acids is 1. The van der Waals surface area contributed by atoms with Gasteiger partial charge in [0.05, 0.1) is 5.75 Å². The second kappa shape index (κ2) is 3.89. The molecule has 0 aromatic carbocycles. The molecule has 0 aliphatic carbocycles. The van der Waals surface area contributed by atoms with Crippen molar-refractivity contribution in [3.8, 4) is 0 Å². The first-order valence-electron chi connectivity index (χ1n) is 4.80. The van der Waals surface area contributed by atoms with Crippen LogP contribution in [0.5, 0.6) is 0 Å². The number of hydrogen-bond acceptors (Lipinski definition) is 6. The van der Waals surface area contributed by atoms with Gasteiger partial charge in [0, 0.05) is 5.41 Å². The van der Waals surface area contributed by atoms with Gasteiger partial charge in [-0.2, -0.15) is 4.52 Å². The largest absolute Gasteiger partial charge is 0.396 e. The fourth-order valence-electron chi connectivity index (χ4n) is 0.944. The van der Waals surface area contributed by atoms with Crippen molar-refractivity contribution in [2.45, 2.75) is 26.0 Å². The van der Waals surface area contributed by atoms with E-state index in [0.29, 0.717) is 16.8 Å². The third-order valence-corrected chi connectivity index (χ3v) is 2.85. The van der Waals surface area contributed by atoms with E-state index in [1.165, 1.54) is 22.6 Å². The van der Waals surface area contributed by atoms with Crippen LogP contribution in [-0.4, -0.2) is 31.3 Å². The van der Waals surface area contributed by atoms with Crippen LogP contribution < -0.4 is 0 Å². The maximum Gasteiger partial charge on any atom is 0.345 e. The third kappa shape index (κ3) is 2.24. The van der Waals surface area contributed by atoms with E-state index in [1.807, 2.05) is 20.8 Å². The molecule has 2 aromatic rings. The van der Waals surface area contributed by atoms with Gasteiger partial charge >= 0.3 is 5.84 Å². The zero-order valence-electron chi connectivity index (χ0n) is 9.30. The highest BCUT2D eigenvalue weighted by Crippen LogP contribution is 2.22. The molecular weight excluding hydrogens is 228 g/mol. The Morgan fingerprint density at radius 1 is 1.56 bits per heavy atom. The average Bonchev–Trinajstić information content (AvgIpc) is 2.71. The van der Waals surface area contributed by atoms with Crippen molar-refractivity contribution in [2.24, 2.45) is 5.41 Å². The van der Waals surface area contributed by atoms with E-state index in [0.717, 1.165) is 0 Å². The highest BCUT2D eigenvalue weighted by molar-refractivity contribution is 7.99. The van der Waals surface area contributed by atoms with Gasteiger partial charge in [-0.25, -0.2) is 0 Å². The molecule has 6 nitrogen and oxygen atoms in total. The molecule has 0 amide bonds. The summed E-state index contributed by atoms with van der Waals surface area (Å²) in [5.74, 6) is 0.845. The molecule has 0 saturated heterocycles. The molecule has 0 spiro atoms. The summed E-state index contributed by atoms with van der Waals surface area (Å²) in [6.45, 7) is 5.67. The Morgan fingerprint density at radius 3 is 2.94 bits per heavy atom. The van der Waals surface area contributed by atoms with Crippen molar-refractivity contribution < 1.29 is 9.21 Å². The minimum Gasteiger partial charge on any atom is -0.396 e. The number of carbonyl (C=O) groups is 1. The minimum atomic E-state index is -0.332. The standard InChI is InChI=1S/C9H12N4O2S/c1-9(2,3)6(14)4-16-8-12-13-5-10-11-7(13)15-8/h5H,4H2,1-3H3. The van der Waals surface area contributed by atoms with Gasteiger partial charge in [-0.3, -0.25) is 4.79 Å². The number of thioether (sulfide) groups is 1. The molecule has 0 aliphatic heterocycles. The van der Waals surface area contributed by atoms with Crippen LogP contribution >= 0.6 is 11.8 Å². The molecule has 7 heteroatoms. The first kappa shape index (κ1) is 11.1. The van der Waals surface area contributed by atoms with Crippen molar-refractivity contribution in [3.05, 3.63) is 6.33 Å². The second-order valence-electron chi connectivity index (χ2n) is 4.39. The summed E-state index contributed by atoms with van der Waals surface area (Å²) in [5, 5.41) is 11.8. The molecule has 0 atom stereocenters. The zero-order valence-corrected chi connectivity index (χ0v) is 10.1. The molecule has 0 N–H and O–H groups in total. The van der Waals surface area contributed by atoms with Crippen LogP contribution in [0.25, 0.3) is 5.84 Å². The summed E-state index contributed by atoms with van der Waals surface area (Å²) in [5.41, 5.74) is -0.332. The summed E-state index contributed by atoms with van der Waals surface area (Å²) in [6, 6.07) is 0. The maximum absolute atomic E-state index is 11.7. The van der Waals surface area contributed by atoms with E-state index in [4.69, 9.17) is 4.42 Å². The molecule has 0 aliphatic rings. The number of hydrogen-bond donors (Lipinski definition) is 0. The smallest absolute Gasteiger partial charge is 0.345 e. The maximum atomic E-state index is 11.7. The van der Waals surface area contributed by atoms with E-state index >= 15 is 0 Å². The average molecular weight is 240 g/mol. The van der Waals surface area contributed by atoms with E-state index < -0.39 is 0 Å². The van der Waals surface area contributed by atoms with Gasteiger partial charge in [0.25, 0.3) is 5.22 Å². The molecule has 0 saturated carbocycles. The molecule has 0 bridgehead atoms. The predicted molar refractivity (Wildman–Crippen MR) is 58.2 cm³/mol. The van der Waals surface area contributed by atoms with Crippen LogP contribution in [0.2, 0.25) is 0 Å². The molecule has 2 aromatic heterocycles. The lowest BCUT2D eigenvalue weighted by Gasteiger charge is -2.14. The van der Waals surface area contributed by atoms with Gasteiger partial charge < -0.3 is 4.42 Å². The Morgan fingerprint density at radius 2 is 2.31 bits per heavy atom. The van der Waals surface area contributed by atoms with Crippen molar-refractivity contribution in [3.63, 3.8) is 0 Å². The number of rotatable bonds is 3. The molecule has 16 heavy (non-hydrogen) atoms. The first-order valence-corrected chi connectivity index (χ1v) is 5.78. The van der Waals surface area contributed by atoms with Crippen LogP contribution in [0.3, 0.4) is 0 Å². The summed E-state index contributed by atoms with van der Waals surface area (Å²) in [6.07, 6.45) is 1.45. The monoisotopic (exact) mass is 240 g/mol. The quantitative estimate of drug-likeness (QED) is 0.755. The molecule has 2 heterocycles. The fraction of sp³-hybridized carbons (Fsp3) is 0.556. The SMILES string of the molecule is CC(C)(C)C(=O)CSc1nn2cnnc2o1. The molecule has 0 unspecified atom stereocenters. The number of fused-ring (bicyclic) bond motifs is 1. The van der Waals surface area contributed by atoms with Gasteiger partial charge in [0.2, 0.25) is 0 Å². The highest BCUT2D eigenvalue weighted by atomic mass is 32.2. The summed E-state index contributed by atoms with van der Waals surface area (Å²) < 4.78 is 6.69. The van der Waals surface area contributed by atoms with Crippen molar-refractivity contribution >= 4 is 23.4 Å². The van der Waals surface area contributed by atoms with E-state index in [-0.39, 0.29) is 11.2 Å². The van der Waals surface area contributed by atoms with Gasteiger partial charge in [0.15, 0.2) is 0 Å². The lowest BCUT2D eigenvalue weighted by atomic mass is 9.92. The minimum absolute atomic E-state index is 0.159. The normalized spacial score (nSPS) is 12.2. The molecule has 0 fully saturated rings. The van der Waals surface area contributed by atoms with Crippen LogP contribution in [0.15, 0.2) is 16.0 Å². The van der Waals surface area contributed by atoms with Crippen molar-refractivity contribution in [2.75, 3.05) is 5.75 Å². The highest BCUT2D eigenvalue weighted by Gasteiger charge is 2.22. The lowest BCUT2D eigenvalue weighted by molar-refractivity contribution is -0.123. The summed E-state index contributed by atoms with van der Waals surface area (Å²) in [7, 11) is 0. The molecule has 2 rings (SSSR count). The number of aromatic nitrogens is 4. The molecule has 0 radical (unpaired) electrons. The Kier molecular flexibility index (Phi) is 2.71. The Labute approximate surface area is 96.4 Å². The number of Topliss-reactive ketones (excluding diaryl/α,β-unsaturated/α-hetero) is 1. The van der Waals surface area contributed by atoms with E-state index in [2.05, 4.69) is 15.3 Å². The van der Waals surface area contributed by atoms with Crippen molar-refractivity contribution in [1.29, 1.82) is 0 Å². The fourth-order valence-corrected chi connectivity index (χ4v) is 1.91. The van der Waals surface area contributed by atoms with Gasteiger partial charge in [-0.15, -0.1) is 10.2 Å². The van der Waals surface area contributed by atoms with E-state index in [9.17, 15) is 4.79 Å². The van der Waals surface area contributed by atoms with Gasteiger partial charge in [0.1, 0.15) is 12.1 Å². The first-order chi connectivity index (χ1) is 7.47. The second-order valence-corrected chi connectivity index (χ2v) is 5.31. The topological polar surface area (TPSA) is 73.3 Å². The Balaban J connectivity index is 2.01. The van der Waals surface area contributed by atoms with Gasteiger partial charge in [-0.1, -0.05) is 37.6 Å². The molecular formula is C9H12N4O2S. The van der Waals surface area contributed by atoms with Gasteiger partial charge in [-0.05, 0) is 0 Å². The Bertz CT molecular complexity index is 482. The number of ketones is 1. The van der Waals surface area contributed by atoms with E-state index in [1.54, 1.807) is 0 Å². The van der Waals surface area contributed by atoms with Crippen molar-refractivity contribution in [1.82, 2.24) is 19.8 Å². The van der Waals surface area contributed by atoms with Crippen LogP contribution in [0, 0.1) is 5.41 Å². The Hall–Kier alpha value is -1.37.